The first-order valence-electron chi connectivity index (χ1n) is 5.44. The van der Waals surface area contributed by atoms with Crippen molar-refractivity contribution in [1.29, 1.82) is 5.26 Å². The molecule has 3 heteroatoms. The summed E-state index contributed by atoms with van der Waals surface area (Å²) in [6.07, 6.45) is 3.13. The molecule has 1 aromatic rings. The molecule has 0 aliphatic rings. The first kappa shape index (κ1) is 13.0. The average molecular weight is 229 g/mol. The van der Waals surface area contributed by atoms with Crippen molar-refractivity contribution in [2.75, 3.05) is 6.61 Å². The summed E-state index contributed by atoms with van der Waals surface area (Å²) in [5.41, 5.74) is 3.54. The van der Waals surface area contributed by atoms with Crippen molar-refractivity contribution in [2.24, 2.45) is 0 Å². The summed E-state index contributed by atoms with van der Waals surface area (Å²) in [4.78, 5) is 11.2. The van der Waals surface area contributed by atoms with Gasteiger partial charge in [0.25, 0.3) is 0 Å². The zero-order chi connectivity index (χ0) is 12.8. The number of ether oxygens (including phenoxy) is 1. The van der Waals surface area contributed by atoms with Crippen LogP contribution in [0.2, 0.25) is 0 Å². The van der Waals surface area contributed by atoms with Crippen LogP contribution in [0.1, 0.15) is 29.2 Å². The molecular weight excluding hydrogens is 214 g/mol. The lowest BCUT2D eigenvalue weighted by Crippen LogP contribution is -1.99. The number of aryl methyl sites for hydroxylation is 2. The Labute approximate surface area is 101 Å². The molecule has 0 aliphatic carbocycles. The van der Waals surface area contributed by atoms with Crippen LogP contribution >= 0.6 is 0 Å². The molecule has 1 aromatic carbocycles. The number of hydrogen-bond acceptors (Lipinski definition) is 3. The monoisotopic (exact) mass is 229 g/mol. The van der Waals surface area contributed by atoms with E-state index in [1.807, 2.05) is 13.8 Å². The zero-order valence-corrected chi connectivity index (χ0v) is 10.3. The molecule has 0 saturated heterocycles. The molecule has 0 atom stereocenters. The lowest BCUT2D eigenvalue weighted by molar-refractivity contribution is -0.137. The van der Waals surface area contributed by atoms with Crippen molar-refractivity contribution in [3.05, 3.63) is 40.5 Å². The molecule has 0 aliphatic heterocycles. The van der Waals surface area contributed by atoms with E-state index in [2.05, 4.69) is 6.07 Å². The third-order valence-corrected chi connectivity index (χ3v) is 2.40. The number of hydrogen-bond donors (Lipinski definition) is 0. The highest BCUT2D eigenvalue weighted by atomic mass is 16.5. The van der Waals surface area contributed by atoms with Crippen LogP contribution in [0.15, 0.2) is 18.2 Å². The Morgan fingerprint density at radius 1 is 1.41 bits per heavy atom. The molecule has 0 saturated carbocycles. The van der Waals surface area contributed by atoms with Crippen LogP contribution in [-0.2, 0) is 9.53 Å². The van der Waals surface area contributed by atoms with Gasteiger partial charge in [-0.3, -0.25) is 0 Å². The van der Waals surface area contributed by atoms with E-state index in [9.17, 15) is 4.79 Å². The molecule has 0 aromatic heterocycles. The summed E-state index contributed by atoms with van der Waals surface area (Å²) >= 11 is 0. The van der Waals surface area contributed by atoms with E-state index in [0.717, 1.165) is 16.7 Å². The van der Waals surface area contributed by atoms with Gasteiger partial charge in [0.15, 0.2) is 0 Å². The molecule has 0 heterocycles. The summed E-state index contributed by atoms with van der Waals surface area (Å²) in [6.45, 7) is 5.97. The summed E-state index contributed by atoms with van der Waals surface area (Å²) < 4.78 is 4.81. The number of esters is 1. The van der Waals surface area contributed by atoms with Gasteiger partial charge in [-0.05, 0) is 55.7 Å². The number of nitrogens with zero attached hydrogens (tertiary/aromatic N) is 1. The summed E-state index contributed by atoms with van der Waals surface area (Å²) in [7, 11) is 0. The van der Waals surface area contributed by atoms with E-state index >= 15 is 0 Å². The fourth-order valence-electron chi connectivity index (χ4n) is 1.64. The molecule has 0 unspecified atom stereocenters. The van der Waals surface area contributed by atoms with Gasteiger partial charge < -0.3 is 4.74 Å². The smallest absolute Gasteiger partial charge is 0.330 e. The largest absolute Gasteiger partial charge is 0.463 e. The van der Waals surface area contributed by atoms with Crippen LogP contribution in [0.3, 0.4) is 0 Å². The molecule has 0 amide bonds. The zero-order valence-electron chi connectivity index (χ0n) is 10.3. The van der Waals surface area contributed by atoms with E-state index in [1.54, 1.807) is 25.1 Å². The van der Waals surface area contributed by atoms with Crippen molar-refractivity contribution in [3.63, 3.8) is 0 Å². The van der Waals surface area contributed by atoms with Crippen molar-refractivity contribution in [2.45, 2.75) is 20.8 Å². The standard InChI is InChI=1S/C14H15NO2/c1-4-17-14(16)6-5-13-10(2)7-12(9-15)8-11(13)3/h5-8H,4H2,1-3H3/b6-5+. The van der Waals surface area contributed by atoms with Gasteiger partial charge in [-0.2, -0.15) is 5.26 Å². The first-order chi connectivity index (χ1) is 8.08. The molecule has 3 nitrogen and oxygen atoms in total. The fourth-order valence-corrected chi connectivity index (χ4v) is 1.64. The van der Waals surface area contributed by atoms with E-state index in [1.165, 1.54) is 6.08 Å². The highest BCUT2D eigenvalue weighted by Crippen LogP contribution is 2.17. The molecule has 0 fully saturated rings. The summed E-state index contributed by atoms with van der Waals surface area (Å²) in [5.74, 6) is -0.351. The number of carbonyl (C=O) groups excluding carboxylic acids is 1. The molecular formula is C14H15NO2. The van der Waals surface area contributed by atoms with Crippen molar-refractivity contribution >= 4 is 12.0 Å². The predicted molar refractivity (Wildman–Crippen MR) is 66.3 cm³/mol. The Balaban J connectivity index is 3.00. The summed E-state index contributed by atoms with van der Waals surface area (Å²) in [5, 5.41) is 8.82. The normalized spacial score (nSPS) is 10.2. The van der Waals surface area contributed by atoms with Gasteiger partial charge in [0, 0.05) is 6.08 Å². The first-order valence-corrected chi connectivity index (χ1v) is 5.44. The Morgan fingerprint density at radius 3 is 2.47 bits per heavy atom. The van der Waals surface area contributed by atoms with E-state index in [-0.39, 0.29) is 5.97 Å². The van der Waals surface area contributed by atoms with Crippen molar-refractivity contribution in [1.82, 2.24) is 0 Å². The molecule has 0 N–H and O–H groups in total. The molecule has 1 rings (SSSR count). The van der Waals surface area contributed by atoms with E-state index < -0.39 is 0 Å². The maximum absolute atomic E-state index is 11.2. The minimum Gasteiger partial charge on any atom is -0.463 e. The van der Waals surface area contributed by atoms with Crippen LogP contribution in [0.25, 0.3) is 6.08 Å². The van der Waals surface area contributed by atoms with Gasteiger partial charge >= 0.3 is 5.97 Å². The highest BCUT2D eigenvalue weighted by molar-refractivity contribution is 5.87. The quantitative estimate of drug-likeness (QED) is 0.591. The predicted octanol–water partition coefficient (Wildman–Crippen LogP) is 2.75. The second-order valence-corrected chi connectivity index (χ2v) is 3.72. The van der Waals surface area contributed by atoms with Crippen molar-refractivity contribution in [3.8, 4) is 6.07 Å². The van der Waals surface area contributed by atoms with Gasteiger partial charge in [-0.15, -0.1) is 0 Å². The average Bonchev–Trinajstić information content (AvgIpc) is 2.28. The number of nitriles is 1. The van der Waals surface area contributed by atoms with Crippen LogP contribution < -0.4 is 0 Å². The van der Waals surface area contributed by atoms with Crippen LogP contribution in [0, 0.1) is 25.2 Å². The van der Waals surface area contributed by atoms with Crippen LogP contribution in [0.5, 0.6) is 0 Å². The van der Waals surface area contributed by atoms with Crippen molar-refractivity contribution < 1.29 is 9.53 Å². The van der Waals surface area contributed by atoms with Crippen LogP contribution in [-0.4, -0.2) is 12.6 Å². The van der Waals surface area contributed by atoms with Gasteiger partial charge in [0.1, 0.15) is 0 Å². The molecule has 88 valence electrons. The lowest BCUT2D eigenvalue weighted by Gasteiger charge is -2.05. The van der Waals surface area contributed by atoms with Gasteiger partial charge in [-0.1, -0.05) is 0 Å². The lowest BCUT2D eigenvalue weighted by atomic mass is 9.99. The Kier molecular flexibility index (Phi) is 4.47. The van der Waals surface area contributed by atoms with E-state index in [4.69, 9.17) is 10.00 Å². The topological polar surface area (TPSA) is 50.1 Å². The SMILES string of the molecule is CCOC(=O)/C=C/c1c(C)cc(C#N)cc1C. The maximum Gasteiger partial charge on any atom is 0.330 e. The summed E-state index contributed by atoms with van der Waals surface area (Å²) in [6, 6.07) is 5.71. The number of carbonyl (C=O) groups is 1. The molecule has 0 radical (unpaired) electrons. The minimum atomic E-state index is -0.351. The second kappa shape index (κ2) is 5.86. The third-order valence-electron chi connectivity index (χ3n) is 2.40. The third kappa shape index (κ3) is 3.46. The number of rotatable bonds is 3. The minimum absolute atomic E-state index is 0.351. The van der Waals surface area contributed by atoms with Gasteiger partial charge in [0.2, 0.25) is 0 Å². The molecule has 17 heavy (non-hydrogen) atoms. The van der Waals surface area contributed by atoms with Crippen LogP contribution in [0.4, 0.5) is 0 Å². The number of benzene rings is 1. The maximum atomic E-state index is 11.2. The Morgan fingerprint density at radius 2 is 2.00 bits per heavy atom. The second-order valence-electron chi connectivity index (χ2n) is 3.72. The van der Waals surface area contributed by atoms with E-state index in [0.29, 0.717) is 12.2 Å². The van der Waals surface area contributed by atoms with Gasteiger partial charge in [0.05, 0.1) is 18.2 Å². The molecule has 0 bridgehead atoms. The highest BCUT2D eigenvalue weighted by Gasteiger charge is 2.03. The fraction of sp³-hybridized carbons (Fsp3) is 0.286. The molecule has 0 spiro atoms. The van der Waals surface area contributed by atoms with Gasteiger partial charge in [-0.25, -0.2) is 4.79 Å². The Bertz CT molecular complexity index is 472. The Hall–Kier alpha value is -2.08.